The van der Waals surface area contributed by atoms with Crippen LogP contribution >= 0.6 is 39.5 Å². The minimum atomic E-state index is 0.571. The molecule has 3 aromatic rings. The van der Waals surface area contributed by atoms with Gasteiger partial charge in [-0.05, 0) is 71.5 Å². The van der Waals surface area contributed by atoms with E-state index in [9.17, 15) is 0 Å². The molecule has 1 N–H and O–H groups in total. The topological polar surface area (TPSA) is 53.2 Å². The quantitative estimate of drug-likeness (QED) is 0.523. The van der Waals surface area contributed by atoms with E-state index in [0.717, 1.165) is 56.7 Å². The van der Waals surface area contributed by atoms with Crippen LogP contribution in [-0.4, -0.2) is 50.7 Å². The fourth-order valence-electron chi connectivity index (χ4n) is 3.19. The number of aromatic amines is 1. The smallest absolute Gasteiger partial charge is 0.217 e. The van der Waals surface area contributed by atoms with Gasteiger partial charge in [0.05, 0.1) is 10.5 Å². The minimum absolute atomic E-state index is 0.571. The van der Waals surface area contributed by atoms with Crippen molar-refractivity contribution < 1.29 is 4.42 Å². The molecular formula is C19H22BrN5OS2. The number of halogens is 1. The molecule has 1 aliphatic rings. The Morgan fingerprint density at radius 3 is 2.64 bits per heavy atom. The average molecular weight is 480 g/mol. The van der Waals surface area contributed by atoms with Gasteiger partial charge in [-0.2, -0.15) is 4.98 Å². The number of aromatic nitrogens is 3. The van der Waals surface area contributed by atoms with Crippen LogP contribution in [-0.2, 0) is 13.2 Å². The lowest BCUT2D eigenvalue weighted by molar-refractivity contribution is 0.0988. The van der Waals surface area contributed by atoms with Crippen molar-refractivity contribution in [1.29, 1.82) is 0 Å². The van der Waals surface area contributed by atoms with Gasteiger partial charge in [0, 0.05) is 37.6 Å². The molecule has 0 atom stereocenters. The molecule has 0 amide bonds. The summed E-state index contributed by atoms with van der Waals surface area (Å²) in [7, 11) is 0. The van der Waals surface area contributed by atoms with Gasteiger partial charge in [-0.15, -0.1) is 11.3 Å². The van der Waals surface area contributed by atoms with E-state index in [1.807, 2.05) is 47.2 Å². The van der Waals surface area contributed by atoms with Gasteiger partial charge < -0.3 is 4.42 Å². The number of furan rings is 1. The van der Waals surface area contributed by atoms with Crippen molar-refractivity contribution in [3.63, 3.8) is 0 Å². The number of H-pyrrole nitrogens is 1. The second-order valence-corrected chi connectivity index (χ2v) is 9.76. The van der Waals surface area contributed by atoms with Crippen LogP contribution in [0.4, 0.5) is 0 Å². The summed E-state index contributed by atoms with van der Waals surface area (Å²) in [6.07, 6.45) is 3.79. The van der Waals surface area contributed by atoms with Crippen LogP contribution in [0.15, 0.2) is 32.5 Å². The summed E-state index contributed by atoms with van der Waals surface area (Å²) in [5, 5.41) is 3.27. The maximum absolute atomic E-state index is 5.54. The number of aryl methyl sites for hydroxylation is 1. The fourth-order valence-corrected chi connectivity index (χ4v) is 4.92. The third-order valence-corrected chi connectivity index (χ3v) is 6.60. The molecule has 6 nitrogen and oxygen atoms in total. The SMILES string of the molecule is Cc1ccc(C=Cc2nc(=S)n(CN3CCN(Cc4ccc(Br)s4)CC3)[nH]2)o1. The van der Waals surface area contributed by atoms with Crippen LogP contribution in [0.2, 0.25) is 0 Å². The number of piperazine rings is 1. The molecule has 148 valence electrons. The van der Waals surface area contributed by atoms with E-state index in [4.69, 9.17) is 16.6 Å². The Labute approximate surface area is 181 Å². The summed E-state index contributed by atoms with van der Waals surface area (Å²) in [4.78, 5) is 10.7. The maximum Gasteiger partial charge on any atom is 0.217 e. The standard InChI is InChI=1S/C19H22BrN5OS2/c1-14-2-3-15(26-14)4-7-18-21-19(27)25(22-18)13-24-10-8-23(9-11-24)12-16-5-6-17(20)28-16/h2-7H,8-13H2,1H3,(H,21,22,27). The van der Waals surface area contributed by atoms with Gasteiger partial charge in [0.1, 0.15) is 17.3 Å². The highest BCUT2D eigenvalue weighted by molar-refractivity contribution is 9.11. The van der Waals surface area contributed by atoms with Crippen LogP contribution in [0.25, 0.3) is 12.2 Å². The van der Waals surface area contributed by atoms with Crippen molar-refractivity contribution >= 4 is 51.6 Å². The van der Waals surface area contributed by atoms with E-state index in [1.165, 1.54) is 8.66 Å². The first-order valence-electron chi connectivity index (χ1n) is 9.15. The van der Waals surface area contributed by atoms with Gasteiger partial charge in [0.25, 0.3) is 0 Å². The number of rotatable bonds is 6. The van der Waals surface area contributed by atoms with E-state index in [2.05, 4.69) is 47.9 Å². The highest BCUT2D eigenvalue weighted by Crippen LogP contribution is 2.23. The Morgan fingerprint density at radius 1 is 1.18 bits per heavy atom. The molecule has 0 spiro atoms. The van der Waals surface area contributed by atoms with Crippen molar-refractivity contribution in [2.75, 3.05) is 26.2 Å². The zero-order valence-electron chi connectivity index (χ0n) is 15.6. The molecule has 0 aliphatic carbocycles. The third-order valence-electron chi connectivity index (χ3n) is 4.68. The Morgan fingerprint density at radius 2 is 1.96 bits per heavy atom. The lowest BCUT2D eigenvalue weighted by Gasteiger charge is -2.34. The number of nitrogens with one attached hydrogen (secondary N) is 1. The van der Waals surface area contributed by atoms with E-state index in [1.54, 1.807) is 0 Å². The van der Waals surface area contributed by atoms with Crippen LogP contribution < -0.4 is 0 Å². The first-order chi connectivity index (χ1) is 13.5. The Balaban J connectivity index is 1.31. The van der Waals surface area contributed by atoms with Gasteiger partial charge >= 0.3 is 0 Å². The first kappa shape index (κ1) is 19.8. The molecule has 0 unspecified atom stereocenters. The number of hydrogen-bond donors (Lipinski definition) is 1. The monoisotopic (exact) mass is 479 g/mol. The summed E-state index contributed by atoms with van der Waals surface area (Å²) < 4.78 is 9.23. The molecule has 9 heteroatoms. The van der Waals surface area contributed by atoms with Gasteiger partial charge in [0.15, 0.2) is 0 Å². The fraction of sp³-hybridized carbons (Fsp3) is 0.368. The lowest BCUT2D eigenvalue weighted by Crippen LogP contribution is -2.46. The van der Waals surface area contributed by atoms with Gasteiger partial charge in [-0.25, -0.2) is 4.68 Å². The summed E-state index contributed by atoms with van der Waals surface area (Å²) in [5.41, 5.74) is 0. The predicted molar refractivity (Wildman–Crippen MR) is 119 cm³/mol. The molecule has 4 heterocycles. The van der Waals surface area contributed by atoms with Crippen LogP contribution in [0, 0.1) is 11.7 Å². The number of hydrogen-bond acceptors (Lipinski definition) is 6. The van der Waals surface area contributed by atoms with Crippen LogP contribution in [0.1, 0.15) is 22.2 Å². The summed E-state index contributed by atoms with van der Waals surface area (Å²) >= 11 is 10.8. The van der Waals surface area contributed by atoms with Crippen molar-refractivity contribution in [2.45, 2.75) is 20.1 Å². The Bertz CT molecular complexity index is 1010. The van der Waals surface area contributed by atoms with Gasteiger partial charge in [-0.1, -0.05) is 0 Å². The highest BCUT2D eigenvalue weighted by atomic mass is 79.9. The van der Waals surface area contributed by atoms with E-state index < -0.39 is 0 Å². The molecule has 1 fully saturated rings. The molecule has 0 aromatic carbocycles. The zero-order chi connectivity index (χ0) is 19.5. The van der Waals surface area contributed by atoms with Crippen LogP contribution in [0.5, 0.6) is 0 Å². The predicted octanol–water partition coefficient (Wildman–Crippen LogP) is 4.61. The zero-order valence-corrected chi connectivity index (χ0v) is 18.8. The molecule has 1 saturated heterocycles. The normalized spacial score (nSPS) is 16.4. The van der Waals surface area contributed by atoms with E-state index in [0.29, 0.717) is 4.77 Å². The molecule has 28 heavy (non-hydrogen) atoms. The Kier molecular flexibility index (Phi) is 6.27. The molecular weight excluding hydrogens is 458 g/mol. The molecule has 3 aromatic heterocycles. The van der Waals surface area contributed by atoms with Gasteiger partial charge in [0.2, 0.25) is 4.77 Å². The van der Waals surface area contributed by atoms with E-state index >= 15 is 0 Å². The van der Waals surface area contributed by atoms with E-state index in [-0.39, 0.29) is 0 Å². The second kappa shape index (κ2) is 8.87. The first-order valence-corrected chi connectivity index (χ1v) is 11.2. The van der Waals surface area contributed by atoms with Crippen molar-refractivity contribution in [3.8, 4) is 0 Å². The number of thiophene rings is 1. The molecule has 0 bridgehead atoms. The van der Waals surface area contributed by atoms with Crippen molar-refractivity contribution in [1.82, 2.24) is 24.6 Å². The van der Waals surface area contributed by atoms with Crippen LogP contribution in [0.3, 0.4) is 0 Å². The molecule has 0 radical (unpaired) electrons. The lowest BCUT2D eigenvalue weighted by atomic mass is 10.3. The largest absolute Gasteiger partial charge is 0.462 e. The average Bonchev–Trinajstić information content (AvgIpc) is 3.36. The van der Waals surface area contributed by atoms with Crippen molar-refractivity contribution in [2.24, 2.45) is 0 Å². The third kappa shape index (κ3) is 5.09. The molecule has 1 aliphatic heterocycles. The Hall–Kier alpha value is -1.52. The summed E-state index contributed by atoms with van der Waals surface area (Å²) in [6, 6.07) is 8.20. The van der Waals surface area contributed by atoms with Crippen molar-refractivity contribution in [3.05, 3.63) is 55.0 Å². The van der Waals surface area contributed by atoms with Gasteiger partial charge in [-0.3, -0.25) is 14.9 Å². The molecule has 4 rings (SSSR count). The second-order valence-electron chi connectivity index (χ2n) is 6.84. The highest BCUT2D eigenvalue weighted by Gasteiger charge is 2.18. The number of nitrogens with zero attached hydrogens (tertiary/aromatic N) is 4. The summed E-state index contributed by atoms with van der Waals surface area (Å²) in [6.45, 7) is 7.84. The minimum Gasteiger partial charge on any atom is -0.462 e. The summed E-state index contributed by atoms with van der Waals surface area (Å²) in [5.74, 6) is 2.44. The maximum atomic E-state index is 5.54. The molecule has 0 saturated carbocycles.